The number of aromatic nitrogens is 3. The van der Waals surface area contributed by atoms with Crippen LogP contribution in [0.25, 0.3) is 16.6 Å². The molecule has 4 rings (SSSR count). The molecule has 0 amide bonds. The van der Waals surface area contributed by atoms with Crippen molar-refractivity contribution in [1.82, 2.24) is 14.5 Å². The Kier molecular flexibility index (Phi) is 6.17. The average molecular weight is 499 g/mol. The fourth-order valence-corrected chi connectivity index (χ4v) is 3.93. The number of pyridine rings is 1. The first-order valence-electron chi connectivity index (χ1n) is 10.1. The molecule has 0 unspecified atom stereocenters. The molecule has 32 heavy (non-hydrogen) atoms. The van der Waals surface area contributed by atoms with Crippen LogP contribution in [-0.2, 0) is 6.42 Å². The molecule has 0 radical (unpaired) electrons. The van der Waals surface area contributed by atoms with Gasteiger partial charge in [-0.25, -0.2) is 13.8 Å². The molecule has 2 aromatic heterocycles. The number of halogens is 3. The van der Waals surface area contributed by atoms with Gasteiger partial charge in [0.05, 0.1) is 22.8 Å². The van der Waals surface area contributed by atoms with Crippen LogP contribution < -0.4 is 11.3 Å². The molecule has 2 N–H and O–H groups in total. The highest BCUT2D eigenvalue weighted by atomic mass is 79.9. The second kappa shape index (κ2) is 8.88. The monoisotopic (exact) mass is 498 g/mol. The molecule has 164 valence electrons. The van der Waals surface area contributed by atoms with Gasteiger partial charge in [0.15, 0.2) is 0 Å². The molecule has 2 aromatic carbocycles. The molecule has 0 bridgehead atoms. The molecule has 5 nitrogen and oxygen atoms in total. The minimum Gasteiger partial charge on any atom is -0.324 e. The lowest BCUT2D eigenvalue weighted by Crippen LogP contribution is -2.27. The Labute approximate surface area is 192 Å². The quantitative estimate of drug-likeness (QED) is 0.411. The van der Waals surface area contributed by atoms with E-state index in [0.29, 0.717) is 22.4 Å². The van der Waals surface area contributed by atoms with Crippen LogP contribution in [0.15, 0.2) is 64.0 Å². The number of hydrogen-bond donors (Lipinski definition) is 1. The third-order valence-electron chi connectivity index (χ3n) is 5.24. The van der Waals surface area contributed by atoms with Crippen molar-refractivity contribution in [3.05, 3.63) is 98.3 Å². The van der Waals surface area contributed by atoms with Crippen LogP contribution >= 0.6 is 15.9 Å². The molecule has 0 saturated carbocycles. The van der Waals surface area contributed by atoms with Crippen molar-refractivity contribution in [3.8, 4) is 5.69 Å². The first kappa shape index (κ1) is 22.2. The molecule has 2 heterocycles. The predicted octanol–water partition coefficient (Wildman–Crippen LogP) is 5.19. The summed E-state index contributed by atoms with van der Waals surface area (Å²) in [5, 5.41) is 0.440. The standard InChI is InChI=1S/C24H21BrF2N4O/c1-13(2)21-6-4-18(12-29-21)31-23(11-20(28)14-7-16(26)10-17(27)8-14)30-22-9-15(25)3-5-19(22)24(31)32/h3-10,12-13,20H,11,28H2,1-2H3/t20-/m0/s1. The summed E-state index contributed by atoms with van der Waals surface area (Å²) >= 11 is 3.40. The maximum atomic E-state index is 13.7. The van der Waals surface area contributed by atoms with E-state index in [-0.39, 0.29) is 23.5 Å². The van der Waals surface area contributed by atoms with Gasteiger partial charge < -0.3 is 5.73 Å². The lowest BCUT2D eigenvalue weighted by molar-refractivity contribution is 0.570. The normalized spacial score (nSPS) is 12.5. The van der Waals surface area contributed by atoms with E-state index in [1.807, 2.05) is 26.0 Å². The number of nitrogens with zero attached hydrogens (tertiary/aromatic N) is 3. The van der Waals surface area contributed by atoms with Crippen LogP contribution in [0.3, 0.4) is 0 Å². The van der Waals surface area contributed by atoms with E-state index in [4.69, 9.17) is 5.73 Å². The fourth-order valence-electron chi connectivity index (χ4n) is 3.58. The smallest absolute Gasteiger partial charge is 0.266 e. The van der Waals surface area contributed by atoms with Gasteiger partial charge in [0.1, 0.15) is 17.5 Å². The van der Waals surface area contributed by atoms with Gasteiger partial charge in [-0.15, -0.1) is 0 Å². The summed E-state index contributed by atoms with van der Waals surface area (Å²) in [5.74, 6) is -0.811. The van der Waals surface area contributed by atoms with Gasteiger partial charge in [0.2, 0.25) is 0 Å². The lowest BCUT2D eigenvalue weighted by Gasteiger charge is -2.18. The van der Waals surface area contributed by atoms with Crippen LogP contribution in [0.2, 0.25) is 0 Å². The van der Waals surface area contributed by atoms with E-state index in [0.717, 1.165) is 16.2 Å². The summed E-state index contributed by atoms with van der Waals surface area (Å²) in [6.45, 7) is 4.07. The summed E-state index contributed by atoms with van der Waals surface area (Å²) in [7, 11) is 0. The van der Waals surface area contributed by atoms with E-state index in [1.165, 1.54) is 16.7 Å². The van der Waals surface area contributed by atoms with Gasteiger partial charge >= 0.3 is 0 Å². The predicted molar refractivity (Wildman–Crippen MR) is 124 cm³/mol. The van der Waals surface area contributed by atoms with Crippen LogP contribution in [0.1, 0.15) is 42.9 Å². The van der Waals surface area contributed by atoms with E-state index < -0.39 is 17.7 Å². The average Bonchev–Trinajstić information content (AvgIpc) is 2.73. The number of rotatable bonds is 5. The van der Waals surface area contributed by atoms with E-state index in [2.05, 4.69) is 25.9 Å². The first-order chi connectivity index (χ1) is 15.2. The lowest BCUT2D eigenvalue weighted by atomic mass is 10.0. The van der Waals surface area contributed by atoms with Crippen molar-refractivity contribution in [1.29, 1.82) is 0 Å². The van der Waals surface area contributed by atoms with Gasteiger partial charge in [-0.3, -0.25) is 14.3 Å². The molecule has 0 aliphatic carbocycles. The van der Waals surface area contributed by atoms with E-state index >= 15 is 0 Å². The summed E-state index contributed by atoms with van der Waals surface area (Å²) in [5.41, 5.74) is 8.24. The molecule has 1 atom stereocenters. The highest BCUT2D eigenvalue weighted by molar-refractivity contribution is 9.10. The first-order valence-corrected chi connectivity index (χ1v) is 10.9. The maximum Gasteiger partial charge on any atom is 0.266 e. The van der Waals surface area contributed by atoms with Crippen molar-refractivity contribution in [3.63, 3.8) is 0 Å². The van der Waals surface area contributed by atoms with Gasteiger partial charge in [-0.05, 0) is 53.9 Å². The van der Waals surface area contributed by atoms with Gasteiger partial charge in [0.25, 0.3) is 5.56 Å². The van der Waals surface area contributed by atoms with Crippen LogP contribution in [-0.4, -0.2) is 14.5 Å². The van der Waals surface area contributed by atoms with E-state index in [1.54, 1.807) is 24.4 Å². The molecule has 0 spiro atoms. The second-order valence-corrected chi connectivity index (χ2v) is 8.86. The maximum absolute atomic E-state index is 13.7. The Hall–Kier alpha value is -2.97. The molecular formula is C24H21BrF2N4O. The zero-order valence-electron chi connectivity index (χ0n) is 17.5. The third kappa shape index (κ3) is 4.47. The molecule has 0 fully saturated rings. The minimum atomic E-state index is -0.772. The Balaban J connectivity index is 1.87. The zero-order chi connectivity index (χ0) is 23.0. The Morgan fingerprint density at radius 2 is 1.78 bits per heavy atom. The summed E-state index contributed by atoms with van der Waals surface area (Å²) in [6, 6.07) is 11.3. The third-order valence-corrected chi connectivity index (χ3v) is 5.73. The summed E-state index contributed by atoms with van der Waals surface area (Å²) in [6.07, 6.45) is 1.71. The van der Waals surface area contributed by atoms with Crippen molar-refractivity contribution < 1.29 is 8.78 Å². The largest absolute Gasteiger partial charge is 0.324 e. The van der Waals surface area contributed by atoms with E-state index in [9.17, 15) is 13.6 Å². The fraction of sp³-hybridized carbons (Fsp3) is 0.208. The Morgan fingerprint density at radius 1 is 1.06 bits per heavy atom. The SMILES string of the molecule is CC(C)c1ccc(-n2c(C[C@H](N)c3cc(F)cc(F)c3)nc3cc(Br)ccc3c2=O)cn1. The van der Waals surface area contributed by atoms with Crippen molar-refractivity contribution >= 4 is 26.8 Å². The molecule has 4 aromatic rings. The van der Waals surface area contributed by atoms with Gasteiger partial charge in [-0.1, -0.05) is 29.8 Å². The van der Waals surface area contributed by atoms with Crippen molar-refractivity contribution in [2.75, 3.05) is 0 Å². The minimum absolute atomic E-state index is 0.0898. The molecular weight excluding hydrogens is 478 g/mol. The topological polar surface area (TPSA) is 73.8 Å². The summed E-state index contributed by atoms with van der Waals surface area (Å²) in [4.78, 5) is 22.6. The van der Waals surface area contributed by atoms with Crippen molar-refractivity contribution in [2.24, 2.45) is 5.73 Å². The van der Waals surface area contributed by atoms with Crippen LogP contribution in [0.4, 0.5) is 8.78 Å². The molecule has 0 aliphatic rings. The molecule has 0 saturated heterocycles. The highest BCUT2D eigenvalue weighted by Crippen LogP contribution is 2.22. The molecule has 8 heteroatoms. The van der Waals surface area contributed by atoms with Crippen LogP contribution in [0.5, 0.6) is 0 Å². The van der Waals surface area contributed by atoms with Gasteiger partial charge in [-0.2, -0.15) is 0 Å². The number of nitrogens with two attached hydrogens (primary N) is 1. The second-order valence-electron chi connectivity index (χ2n) is 7.94. The van der Waals surface area contributed by atoms with Crippen molar-refractivity contribution in [2.45, 2.75) is 32.2 Å². The number of benzene rings is 2. The zero-order valence-corrected chi connectivity index (χ0v) is 19.1. The molecule has 0 aliphatic heterocycles. The Bertz CT molecular complexity index is 1330. The van der Waals surface area contributed by atoms with Crippen LogP contribution in [0, 0.1) is 11.6 Å². The number of hydrogen-bond acceptors (Lipinski definition) is 4. The number of fused-ring (bicyclic) bond motifs is 1. The summed E-state index contributed by atoms with van der Waals surface area (Å²) < 4.78 is 29.7. The van der Waals surface area contributed by atoms with Gasteiger partial charge in [0, 0.05) is 28.7 Å². The highest BCUT2D eigenvalue weighted by Gasteiger charge is 2.18. The Morgan fingerprint density at radius 3 is 2.41 bits per heavy atom.